The van der Waals surface area contributed by atoms with Crippen molar-refractivity contribution in [1.29, 1.82) is 0 Å². The lowest BCUT2D eigenvalue weighted by Gasteiger charge is -2.18. The molecule has 0 saturated heterocycles. The van der Waals surface area contributed by atoms with E-state index in [1.165, 1.54) is 66.2 Å². The molecule has 0 radical (unpaired) electrons. The highest BCUT2D eigenvalue weighted by Crippen LogP contribution is 2.53. The van der Waals surface area contributed by atoms with Gasteiger partial charge in [-0.1, -0.05) is 48.5 Å². The van der Waals surface area contributed by atoms with Crippen LogP contribution in [0.4, 0.5) is 0 Å². The number of hydrogen-bond acceptors (Lipinski definition) is 2. The second kappa shape index (κ2) is 5.38. The van der Waals surface area contributed by atoms with Gasteiger partial charge in [-0.15, -0.1) is 0 Å². The molecule has 0 saturated carbocycles. The first kappa shape index (κ1) is 15.8. The Morgan fingerprint density at radius 3 is 2.29 bits per heavy atom. The minimum atomic E-state index is 0.965. The van der Waals surface area contributed by atoms with Gasteiger partial charge >= 0.3 is 0 Å². The smallest absolute Gasteiger partial charge is 0.145 e. The van der Waals surface area contributed by atoms with Crippen LogP contribution in [-0.4, -0.2) is 14.4 Å². The third kappa shape index (κ3) is 1.81. The molecule has 0 amide bonds. The van der Waals surface area contributed by atoms with E-state index < -0.39 is 0 Å². The van der Waals surface area contributed by atoms with Gasteiger partial charge in [0.2, 0.25) is 0 Å². The fourth-order valence-electron chi connectivity index (χ4n) is 6.05. The van der Waals surface area contributed by atoms with Gasteiger partial charge in [0.15, 0.2) is 0 Å². The Morgan fingerprint density at radius 1 is 0.710 bits per heavy atom. The van der Waals surface area contributed by atoms with E-state index in [0.717, 1.165) is 18.5 Å². The lowest BCUT2D eigenvalue weighted by atomic mass is 9.88. The van der Waals surface area contributed by atoms with Crippen molar-refractivity contribution in [3.8, 4) is 22.3 Å². The zero-order valence-electron chi connectivity index (χ0n) is 16.8. The highest BCUT2D eigenvalue weighted by atomic mass is 15.0. The molecule has 3 nitrogen and oxygen atoms in total. The lowest BCUT2D eigenvalue weighted by molar-refractivity contribution is 1.23. The number of hydrogen-bond donors (Lipinski definition) is 0. The van der Waals surface area contributed by atoms with Crippen molar-refractivity contribution in [2.45, 2.75) is 12.8 Å². The van der Waals surface area contributed by atoms with Crippen molar-refractivity contribution in [2.75, 3.05) is 0 Å². The number of pyridine rings is 2. The van der Waals surface area contributed by atoms with E-state index in [4.69, 9.17) is 4.98 Å². The number of nitrogens with zero attached hydrogens (tertiary/aromatic N) is 3. The normalized spacial score (nSPS) is 13.5. The van der Waals surface area contributed by atoms with Crippen molar-refractivity contribution >= 4 is 27.3 Å². The van der Waals surface area contributed by atoms with Gasteiger partial charge in [-0.25, -0.2) is 4.98 Å². The van der Waals surface area contributed by atoms with Crippen LogP contribution in [0.2, 0.25) is 0 Å². The van der Waals surface area contributed by atoms with Crippen LogP contribution in [0.3, 0.4) is 0 Å². The monoisotopic (exact) mass is 395 g/mol. The molecule has 8 rings (SSSR count). The summed E-state index contributed by atoms with van der Waals surface area (Å²) in [6.45, 7) is 0. The van der Waals surface area contributed by atoms with Crippen LogP contribution in [0.5, 0.6) is 0 Å². The summed E-state index contributed by atoms with van der Waals surface area (Å²) in [6, 6.07) is 19.9. The van der Waals surface area contributed by atoms with Crippen molar-refractivity contribution in [3.05, 3.63) is 102 Å². The summed E-state index contributed by atoms with van der Waals surface area (Å²) in [5, 5.41) is 3.81. The van der Waals surface area contributed by atoms with Gasteiger partial charge in [0.25, 0.3) is 0 Å². The molecule has 0 atom stereocenters. The molecular weight excluding hydrogens is 378 g/mol. The first-order valence-corrected chi connectivity index (χ1v) is 10.8. The molecule has 0 unspecified atom stereocenters. The van der Waals surface area contributed by atoms with E-state index in [1.54, 1.807) is 0 Å². The average molecular weight is 395 g/mol. The highest BCUT2D eigenvalue weighted by Gasteiger charge is 2.33. The van der Waals surface area contributed by atoms with Gasteiger partial charge in [0, 0.05) is 40.9 Å². The maximum atomic E-state index is 4.86. The number of benzene rings is 3. The number of fused-ring (bicyclic) bond motifs is 15. The summed E-state index contributed by atoms with van der Waals surface area (Å²) in [4.78, 5) is 9.40. The maximum absolute atomic E-state index is 4.86. The number of imidazole rings is 1. The summed E-state index contributed by atoms with van der Waals surface area (Å²) in [5.41, 5.74) is 13.5. The molecule has 3 aromatic carbocycles. The van der Waals surface area contributed by atoms with Crippen LogP contribution in [0.25, 0.3) is 49.6 Å². The average Bonchev–Trinajstić information content (AvgIpc) is 3.53. The van der Waals surface area contributed by atoms with Crippen molar-refractivity contribution in [1.82, 2.24) is 14.4 Å². The Hall–Kier alpha value is -3.98. The lowest BCUT2D eigenvalue weighted by Crippen LogP contribution is -1.98. The van der Waals surface area contributed by atoms with Gasteiger partial charge in [0.05, 0.1) is 5.52 Å². The van der Waals surface area contributed by atoms with Gasteiger partial charge in [-0.3, -0.25) is 9.38 Å². The topological polar surface area (TPSA) is 30.2 Å². The third-order valence-corrected chi connectivity index (χ3v) is 7.21. The molecule has 3 aromatic heterocycles. The quantitative estimate of drug-likeness (QED) is 0.287. The molecule has 3 heterocycles. The van der Waals surface area contributed by atoms with Gasteiger partial charge < -0.3 is 0 Å². The van der Waals surface area contributed by atoms with Crippen LogP contribution in [0.1, 0.15) is 22.3 Å². The standard InChI is InChI=1S/C28H17N3/c1-3-7-18-16(5-1)13-21-24(18)20-14-17-6-2-4-8-19(17)25(20)27-26(21)22-15-29-10-9-23(22)31-12-11-30-28(27)31/h1-12,15H,13-14H2. The van der Waals surface area contributed by atoms with E-state index in [2.05, 4.69) is 70.2 Å². The molecule has 3 heteroatoms. The third-order valence-electron chi connectivity index (χ3n) is 7.21. The van der Waals surface area contributed by atoms with E-state index >= 15 is 0 Å². The molecule has 6 aromatic rings. The zero-order chi connectivity index (χ0) is 20.1. The SMILES string of the molecule is c1ccc2c(c1)Cc1c-2c2c(c3c1c1cnccc1n1ccnc31)-c1ccccc1C2. The molecule has 2 aliphatic rings. The zero-order valence-corrected chi connectivity index (χ0v) is 16.8. The summed E-state index contributed by atoms with van der Waals surface area (Å²) in [5.74, 6) is 0. The molecule has 2 aliphatic carbocycles. The molecular formula is C28H17N3. The Morgan fingerprint density at radius 2 is 1.45 bits per heavy atom. The second-order valence-corrected chi connectivity index (χ2v) is 8.64. The van der Waals surface area contributed by atoms with E-state index in [0.29, 0.717) is 0 Å². The van der Waals surface area contributed by atoms with Crippen LogP contribution in [0, 0.1) is 0 Å². The largest absolute Gasteiger partial charge is 0.299 e. The van der Waals surface area contributed by atoms with Crippen LogP contribution in [0.15, 0.2) is 79.4 Å². The molecule has 0 spiro atoms. The van der Waals surface area contributed by atoms with Gasteiger partial charge in [-0.05, 0) is 63.4 Å². The Balaban J connectivity index is 1.72. The van der Waals surface area contributed by atoms with Crippen LogP contribution < -0.4 is 0 Å². The maximum Gasteiger partial charge on any atom is 0.145 e. The minimum absolute atomic E-state index is 0.965. The highest BCUT2D eigenvalue weighted by molar-refractivity contribution is 6.22. The molecule has 0 fully saturated rings. The summed E-state index contributed by atoms with van der Waals surface area (Å²) >= 11 is 0. The molecule has 31 heavy (non-hydrogen) atoms. The fourth-order valence-corrected chi connectivity index (χ4v) is 6.05. The molecule has 0 bridgehead atoms. The Bertz CT molecular complexity index is 1740. The Labute approximate surface area is 178 Å². The van der Waals surface area contributed by atoms with E-state index in [9.17, 15) is 0 Å². The summed E-state index contributed by atoms with van der Waals surface area (Å²) < 4.78 is 2.23. The van der Waals surface area contributed by atoms with Crippen LogP contribution >= 0.6 is 0 Å². The Kier molecular flexibility index (Phi) is 2.74. The minimum Gasteiger partial charge on any atom is -0.299 e. The van der Waals surface area contributed by atoms with Gasteiger partial charge in [-0.2, -0.15) is 0 Å². The van der Waals surface area contributed by atoms with Crippen molar-refractivity contribution < 1.29 is 0 Å². The van der Waals surface area contributed by atoms with Gasteiger partial charge in [0.1, 0.15) is 5.65 Å². The second-order valence-electron chi connectivity index (χ2n) is 8.64. The van der Waals surface area contributed by atoms with Crippen LogP contribution in [-0.2, 0) is 12.8 Å². The summed E-state index contributed by atoms with van der Waals surface area (Å²) in [6.07, 6.45) is 9.86. The first-order valence-electron chi connectivity index (χ1n) is 10.8. The number of rotatable bonds is 0. The molecule has 0 aliphatic heterocycles. The fraction of sp³-hybridized carbons (Fsp3) is 0.0714. The summed E-state index contributed by atoms with van der Waals surface area (Å²) in [7, 11) is 0. The van der Waals surface area contributed by atoms with E-state index in [1.807, 2.05) is 18.6 Å². The van der Waals surface area contributed by atoms with Crippen molar-refractivity contribution in [2.24, 2.45) is 0 Å². The van der Waals surface area contributed by atoms with Crippen molar-refractivity contribution in [3.63, 3.8) is 0 Å². The number of aromatic nitrogens is 3. The first-order chi connectivity index (χ1) is 15.4. The molecule has 144 valence electrons. The predicted octanol–water partition coefficient (Wildman–Crippen LogP) is 6.18. The molecule has 0 N–H and O–H groups in total. The predicted molar refractivity (Wildman–Crippen MR) is 124 cm³/mol. The van der Waals surface area contributed by atoms with E-state index in [-0.39, 0.29) is 0 Å².